The summed E-state index contributed by atoms with van der Waals surface area (Å²) in [5, 5.41) is 0. The Labute approximate surface area is 138 Å². The lowest BCUT2D eigenvalue weighted by molar-refractivity contribution is -0.0871. The van der Waals surface area contributed by atoms with Crippen molar-refractivity contribution in [2.24, 2.45) is 40.9 Å². The van der Waals surface area contributed by atoms with Crippen molar-refractivity contribution < 1.29 is 0 Å². The standard InChI is InChI=1S/C22H38/c1-3-4-7-16-9-11-19-18(16)13-14-21-20(19)12-10-17-8-5-6-15-22(17,21)2/h16-21H,3-15H2,1-2H3. The van der Waals surface area contributed by atoms with Crippen LogP contribution in [-0.2, 0) is 0 Å². The second-order valence-corrected chi connectivity index (χ2v) is 9.68. The Morgan fingerprint density at radius 2 is 1.64 bits per heavy atom. The number of unbranched alkanes of at least 4 members (excludes halogenated alkanes) is 1. The molecule has 4 aliphatic carbocycles. The van der Waals surface area contributed by atoms with Crippen LogP contribution in [0.3, 0.4) is 0 Å². The van der Waals surface area contributed by atoms with Crippen molar-refractivity contribution in [3.63, 3.8) is 0 Å². The maximum atomic E-state index is 2.72. The highest BCUT2D eigenvalue weighted by Gasteiger charge is 2.55. The minimum Gasteiger partial charge on any atom is -0.0654 e. The van der Waals surface area contributed by atoms with E-state index in [1.807, 2.05) is 0 Å². The maximum Gasteiger partial charge on any atom is -0.0266 e. The maximum absolute atomic E-state index is 2.72. The van der Waals surface area contributed by atoms with Crippen molar-refractivity contribution in [3.8, 4) is 0 Å². The summed E-state index contributed by atoms with van der Waals surface area (Å²) in [5.41, 5.74) is 0.744. The fraction of sp³-hybridized carbons (Fsp3) is 1.00. The predicted molar refractivity (Wildman–Crippen MR) is 94.7 cm³/mol. The van der Waals surface area contributed by atoms with Crippen LogP contribution in [-0.4, -0.2) is 0 Å². The zero-order valence-electron chi connectivity index (χ0n) is 15.2. The van der Waals surface area contributed by atoms with Crippen LogP contribution < -0.4 is 0 Å². The average molecular weight is 303 g/mol. The first-order chi connectivity index (χ1) is 10.7. The minimum absolute atomic E-state index is 0.744. The highest BCUT2D eigenvalue weighted by Crippen LogP contribution is 2.64. The minimum atomic E-state index is 0.744. The van der Waals surface area contributed by atoms with Crippen LogP contribution in [0.25, 0.3) is 0 Å². The lowest BCUT2D eigenvalue weighted by Crippen LogP contribution is -2.50. The van der Waals surface area contributed by atoms with Gasteiger partial charge in [-0.1, -0.05) is 46.0 Å². The molecule has 0 nitrogen and oxygen atoms in total. The molecular weight excluding hydrogens is 264 g/mol. The fourth-order valence-corrected chi connectivity index (χ4v) is 7.90. The summed E-state index contributed by atoms with van der Waals surface area (Å²) in [7, 11) is 0. The summed E-state index contributed by atoms with van der Waals surface area (Å²) in [6, 6.07) is 0. The molecule has 22 heavy (non-hydrogen) atoms. The van der Waals surface area contributed by atoms with Crippen LogP contribution in [0.2, 0.25) is 0 Å². The van der Waals surface area contributed by atoms with Crippen molar-refractivity contribution in [2.75, 3.05) is 0 Å². The highest BCUT2D eigenvalue weighted by molar-refractivity contribution is 5.04. The van der Waals surface area contributed by atoms with Crippen molar-refractivity contribution in [1.29, 1.82) is 0 Å². The second-order valence-electron chi connectivity index (χ2n) is 9.68. The molecule has 4 fully saturated rings. The summed E-state index contributed by atoms with van der Waals surface area (Å²) in [5.74, 6) is 6.72. The Hall–Kier alpha value is 0. The molecular formula is C22H38. The Morgan fingerprint density at radius 1 is 0.818 bits per heavy atom. The quantitative estimate of drug-likeness (QED) is 0.535. The van der Waals surface area contributed by atoms with Crippen molar-refractivity contribution in [1.82, 2.24) is 0 Å². The summed E-state index contributed by atoms with van der Waals surface area (Å²) in [6.07, 6.45) is 20.2. The van der Waals surface area contributed by atoms with Gasteiger partial charge in [0.05, 0.1) is 0 Å². The predicted octanol–water partition coefficient (Wildman–Crippen LogP) is 6.84. The Morgan fingerprint density at radius 3 is 2.50 bits per heavy atom. The number of fused-ring (bicyclic) bond motifs is 5. The average Bonchev–Trinajstić information content (AvgIpc) is 2.95. The normalized spacial score (nSPS) is 51.0. The van der Waals surface area contributed by atoms with Gasteiger partial charge in [-0.25, -0.2) is 0 Å². The van der Waals surface area contributed by atoms with Gasteiger partial charge in [0.15, 0.2) is 0 Å². The molecule has 0 aromatic carbocycles. The molecule has 0 amide bonds. The molecule has 0 spiro atoms. The number of rotatable bonds is 3. The van der Waals surface area contributed by atoms with Crippen molar-refractivity contribution >= 4 is 0 Å². The molecule has 0 N–H and O–H groups in total. The van der Waals surface area contributed by atoms with Crippen LogP contribution in [0.4, 0.5) is 0 Å². The summed E-state index contributed by atoms with van der Waals surface area (Å²) >= 11 is 0. The molecule has 4 saturated carbocycles. The zero-order chi connectivity index (χ0) is 15.2. The largest absolute Gasteiger partial charge is 0.0654 e. The summed E-state index contributed by atoms with van der Waals surface area (Å²) < 4.78 is 0. The molecule has 4 rings (SSSR count). The highest BCUT2D eigenvalue weighted by atomic mass is 14.6. The van der Waals surface area contributed by atoms with Gasteiger partial charge in [-0.2, -0.15) is 0 Å². The molecule has 7 unspecified atom stereocenters. The molecule has 4 aliphatic rings. The Balaban J connectivity index is 1.50. The molecule has 0 heterocycles. The van der Waals surface area contributed by atoms with E-state index in [1.165, 1.54) is 25.7 Å². The Kier molecular flexibility index (Phi) is 4.33. The van der Waals surface area contributed by atoms with Crippen molar-refractivity contribution in [3.05, 3.63) is 0 Å². The van der Waals surface area contributed by atoms with E-state index in [1.54, 1.807) is 57.8 Å². The third kappa shape index (κ3) is 2.39. The molecule has 126 valence electrons. The Bertz CT molecular complexity index is 385. The van der Waals surface area contributed by atoms with E-state index in [2.05, 4.69) is 13.8 Å². The van der Waals surface area contributed by atoms with Crippen LogP contribution in [0.15, 0.2) is 0 Å². The van der Waals surface area contributed by atoms with Gasteiger partial charge in [-0.05, 0) is 92.3 Å². The SMILES string of the molecule is CCCCC1CCC2C1CCC1C2CCC2CCCCC21C. The monoisotopic (exact) mass is 302 g/mol. The van der Waals surface area contributed by atoms with Crippen molar-refractivity contribution in [2.45, 2.75) is 97.3 Å². The molecule has 0 radical (unpaired) electrons. The first kappa shape index (κ1) is 15.5. The van der Waals surface area contributed by atoms with Crippen LogP contribution in [0, 0.1) is 40.9 Å². The van der Waals surface area contributed by atoms with Crippen LogP contribution in [0.5, 0.6) is 0 Å². The third-order valence-electron chi connectivity index (χ3n) is 8.98. The van der Waals surface area contributed by atoms with Gasteiger partial charge in [0, 0.05) is 0 Å². The smallest absolute Gasteiger partial charge is 0.0266 e. The lowest BCUT2D eigenvalue weighted by Gasteiger charge is -2.58. The molecule has 0 heteroatoms. The van der Waals surface area contributed by atoms with E-state index in [9.17, 15) is 0 Å². The molecule has 0 aromatic heterocycles. The van der Waals surface area contributed by atoms with E-state index < -0.39 is 0 Å². The van der Waals surface area contributed by atoms with Gasteiger partial charge in [0.1, 0.15) is 0 Å². The van der Waals surface area contributed by atoms with E-state index in [-0.39, 0.29) is 0 Å². The summed E-state index contributed by atoms with van der Waals surface area (Å²) in [6.45, 7) is 5.09. The first-order valence-corrected chi connectivity index (χ1v) is 10.7. The zero-order valence-corrected chi connectivity index (χ0v) is 15.2. The molecule has 0 aliphatic heterocycles. The van der Waals surface area contributed by atoms with Gasteiger partial charge in [-0.15, -0.1) is 0 Å². The molecule has 0 saturated heterocycles. The summed E-state index contributed by atoms with van der Waals surface area (Å²) in [4.78, 5) is 0. The topological polar surface area (TPSA) is 0 Å². The molecule has 0 aromatic rings. The number of hydrogen-bond acceptors (Lipinski definition) is 0. The van der Waals surface area contributed by atoms with Crippen LogP contribution in [0.1, 0.15) is 97.3 Å². The van der Waals surface area contributed by atoms with E-state index >= 15 is 0 Å². The fourth-order valence-electron chi connectivity index (χ4n) is 7.90. The van der Waals surface area contributed by atoms with Crippen LogP contribution >= 0.6 is 0 Å². The second kappa shape index (κ2) is 6.14. The van der Waals surface area contributed by atoms with E-state index in [4.69, 9.17) is 0 Å². The first-order valence-electron chi connectivity index (χ1n) is 10.7. The van der Waals surface area contributed by atoms with Gasteiger partial charge in [0.2, 0.25) is 0 Å². The van der Waals surface area contributed by atoms with Gasteiger partial charge < -0.3 is 0 Å². The van der Waals surface area contributed by atoms with E-state index in [0.717, 1.165) is 40.9 Å². The van der Waals surface area contributed by atoms with Gasteiger partial charge in [0.25, 0.3) is 0 Å². The lowest BCUT2D eigenvalue weighted by atomic mass is 9.47. The number of hydrogen-bond donors (Lipinski definition) is 0. The molecule has 0 bridgehead atoms. The third-order valence-corrected chi connectivity index (χ3v) is 8.98. The molecule has 7 atom stereocenters. The van der Waals surface area contributed by atoms with Gasteiger partial charge in [-0.3, -0.25) is 0 Å². The van der Waals surface area contributed by atoms with Gasteiger partial charge >= 0.3 is 0 Å². The van der Waals surface area contributed by atoms with E-state index in [0.29, 0.717) is 0 Å².